The number of hydrogen-bond donors (Lipinski definition) is 2. The molecule has 2 amide bonds. The number of halogens is 1. The number of carbonyl (C=O) groups excluding carboxylic acids is 1. The van der Waals surface area contributed by atoms with Crippen molar-refractivity contribution < 1.29 is 9.53 Å². The molecule has 0 aliphatic carbocycles. The van der Waals surface area contributed by atoms with Crippen LogP contribution in [0.4, 0.5) is 4.79 Å². The molecule has 0 atom stereocenters. The maximum absolute atomic E-state index is 11.5. The topological polar surface area (TPSA) is 50.4 Å². The Labute approximate surface area is 119 Å². The fraction of sp³-hybridized carbons (Fsp3) is 0.500. The Kier molecular flexibility index (Phi) is 5.48. The molecule has 0 aliphatic rings. The molecular weight excluding hydrogens is 264 g/mol. The standard InChI is InChI=1S/C14H21ClN2O2/c1-14(2,3)17-13(18)16-8-7-10-5-6-12(19-4)11(15)9-10/h5-6,9H,7-8H2,1-4H3,(H2,16,17,18). The lowest BCUT2D eigenvalue weighted by Gasteiger charge is -2.20. The van der Waals surface area contributed by atoms with Gasteiger partial charge in [-0.25, -0.2) is 4.79 Å². The van der Waals surface area contributed by atoms with Gasteiger partial charge in [0, 0.05) is 12.1 Å². The van der Waals surface area contributed by atoms with Crippen LogP contribution in [0.5, 0.6) is 5.75 Å². The Morgan fingerprint density at radius 3 is 2.58 bits per heavy atom. The van der Waals surface area contributed by atoms with Crippen LogP contribution in [0.2, 0.25) is 5.02 Å². The summed E-state index contributed by atoms with van der Waals surface area (Å²) < 4.78 is 5.09. The van der Waals surface area contributed by atoms with Crippen LogP contribution in [-0.4, -0.2) is 25.2 Å². The first-order valence-corrected chi connectivity index (χ1v) is 6.58. The number of ether oxygens (including phenoxy) is 1. The lowest BCUT2D eigenvalue weighted by molar-refractivity contribution is 0.232. The first-order valence-electron chi connectivity index (χ1n) is 6.20. The molecule has 4 nitrogen and oxygen atoms in total. The quantitative estimate of drug-likeness (QED) is 0.893. The molecule has 0 saturated heterocycles. The fourth-order valence-electron chi connectivity index (χ4n) is 1.57. The van der Waals surface area contributed by atoms with Gasteiger partial charge in [-0.15, -0.1) is 0 Å². The Morgan fingerprint density at radius 2 is 2.05 bits per heavy atom. The van der Waals surface area contributed by atoms with Gasteiger partial charge in [-0.2, -0.15) is 0 Å². The van der Waals surface area contributed by atoms with Crippen LogP contribution >= 0.6 is 11.6 Å². The van der Waals surface area contributed by atoms with Gasteiger partial charge >= 0.3 is 6.03 Å². The summed E-state index contributed by atoms with van der Waals surface area (Å²) >= 11 is 6.03. The number of methoxy groups -OCH3 is 1. The molecule has 0 radical (unpaired) electrons. The van der Waals surface area contributed by atoms with Gasteiger partial charge in [-0.1, -0.05) is 17.7 Å². The zero-order valence-corrected chi connectivity index (χ0v) is 12.6. The highest BCUT2D eigenvalue weighted by Gasteiger charge is 2.12. The predicted molar refractivity (Wildman–Crippen MR) is 78.0 cm³/mol. The molecule has 19 heavy (non-hydrogen) atoms. The zero-order valence-electron chi connectivity index (χ0n) is 11.8. The van der Waals surface area contributed by atoms with Gasteiger partial charge in [0.25, 0.3) is 0 Å². The Morgan fingerprint density at radius 1 is 1.37 bits per heavy atom. The van der Waals surface area contributed by atoms with Gasteiger partial charge in [0.2, 0.25) is 0 Å². The van der Waals surface area contributed by atoms with Crippen LogP contribution in [0.15, 0.2) is 18.2 Å². The maximum atomic E-state index is 11.5. The number of amides is 2. The van der Waals surface area contributed by atoms with Gasteiger partial charge in [0.05, 0.1) is 12.1 Å². The molecule has 2 N–H and O–H groups in total. The van der Waals surface area contributed by atoms with Crippen molar-refractivity contribution in [2.75, 3.05) is 13.7 Å². The van der Waals surface area contributed by atoms with Gasteiger partial charge in [0.15, 0.2) is 0 Å². The van der Waals surface area contributed by atoms with Crippen LogP contribution < -0.4 is 15.4 Å². The highest BCUT2D eigenvalue weighted by molar-refractivity contribution is 6.32. The van der Waals surface area contributed by atoms with E-state index < -0.39 is 0 Å². The minimum Gasteiger partial charge on any atom is -0.495 e. The Hall–Kier alpha value is -1.42. The van der Waals surface area contributed by atoms with E-state index in [2.05, 4.69) is 10.6 Å². The smallest absolute Gasteiger partial charge is 0.315 e. The second-order valence-electron chi connectivity index (χ2n) is 5.35. The number of urea groups is 1. The van der Waals surface area contributed by atoms with Gasteiger partial charge in [-0.3, -0.25) is 0 Å². The third-order valence-electron chi connectivity index (χ3n) is 2.40. The first kappa shape index (κ1) is 15.6. The third-order valence-corrected chi connectivity index (χ3v) is 2.70. The van der Waals surface area contributed by atoms with E-state index in [0.29, 0.717) is 17.3 Å². The molecule has 0 unspecified atom stereocenters. The summed E-state index contributed by atoms with van der Waals surface area (Å²) in [6.07, 6.45) is 0.723. The minimum atomic E-state index is -0.229. The molecular formula is C14H21ClN2O2. The fourth-order valence-corrected chi connectivity index (χ4v) is 1.85. The van der Waals surface area contributed by atoms with Gasteiger partial charge in [-0.05, 0) is 44.9 Å². The molecule has 0 aliphatic heterocycles. The Bertz CT molecular complexity index is 442. The monoisotopic (exact) mass is 284 g/mol. The van der Waals surface area contributed by atoms with Crippen LogP contribution in [0.25, 0.3) is 0 Å². The van der Waals surface area contributed by atoms with E-state index in [4.69, 9.17) is 16.3 Å². The summed E-state index contributed by atoms with van der Waals surface area (Å²) in [5, 5.41) is 6.23. The summed E-state index contributed by atoms with van der Waals surface area (Å²) in [6.45, 7) is 6.38. The summed E-state index contributed by atoms with van der Waals surface area (Å²) in [4.78, 5) is 11.5. The molecule has 1 aromatic carbocycles. The van der Waals surface area contributed by atoms with Crippen molar-refractivity contribution in [1.82, 2.24) is 10.6 Å². The van der Waals surface area contributed by atoms with Crippen molar-refractivity contribution in [3.63, 3.8) is 0 Å². The van der Waals surface area contributed by atoms with E-state index in [-0.39, 0.29) is 11.6 Å². The summed E-state index contributed by atoms with van der Waals surface area (Å²) in [5.74, 6) is 0.656. The third kappa shape index (κ3) is 5.83. The van der Waals surface area contributed by atoms with Crippen LogP contribution in [-0.2, 0) is 6.42 Å². The van der Waals surface area contributed by atoms with Crippen LogP contribution in [0.1, 0.15) is 26.3 Å². The molecule has 0 saturated carbocycles. The average molecular weight is 285 g/mol. The van der Waals surface area contributed by atoms with Crippen LogP contribution in [0, 0.1) is 0 Å². The number of nitrogens with one attached hydrogen (secondary N) is 2. The summed E-state index contributed by atoms with van der Waals surface area (Å²) in [6, 6.07) is 5.46. The predicted octanol–water partition coefficient (Wildman–Crippen LogP) is 2.99. The number of carbonyl (C=O) groups is 1. The normalized spacial score (nSPS) is 11.0. The highest BCUT2D eigenvalue weighted by Crippen LogP contribution is 2.24. The molecule has 0 aromatic heterocycles. The highest BCUT2D eigenvalue weighted by atomic mass is 35.5. The second-order valence-corrected chi connectivity index (χ2v) is 5.76. The van der Waals surface area contributed by atoms with E-state index in [1.807, 2.05) is 39.0 Å². The van der Waals surface area contributed by atoms with Crippen molar-refractivity contribution in [1.29, 1.82) is 0 Å². The lowest BCUT2D eigenvalue weighted by Crippen LogP contribution is -2.46. The lowest BCUT2D eigenvalue weighted by atomic mass is 10.1. The average Bonchev–Trinajstić information content (AvgIpc) is 2.26. The summed E-state index contributed by atoms with van der Waals surface area (Å²) in [5.41, 5.74) is 0.829. The largest absolute Gasteiger partial charge is 0.495 e. The van der Waals surface area contributed by atoms with E-state index in [0.717, 1.165) is 12.0 Å². The molecule has 0 bridgehead atoms. The van der Waals surface area contributed by atoms with E-state index in [9.17, 15) is 4.79 Å². The molecule has 0 fully saturated rings. The zero-order chi connectivity index (χ0) is 14.5. The maximum Gasteiger partial charge on any atom is 0.315 e. The molecule has 1 rings (SSSR count). The summed E-state index contributed by atoms with van der Waals surface area (Å²) in [7, 11) is 1.58. The Balaban J connectivity index is 2.41. The van der Waals surface area contributed by atoms with Crippen molar-refractivity contribution in [2.24, 2.45) is 0 Å². The van der Waals surface area contributed by atoms with E-state index >= 15 is 0 Å². The number of hydrogen-bond acceptors (Lipinski definition) is 2. The number of rotatable bonds is 4. The second kappa shape index (κ2) is 6.66. The molecule has 106 valence electrons. The van der Waals surface area contributed by atoms with Gasteiger partial charge in [0.1, 0.15) is 5.75 Å². The SMILES string of the molecule is COc1ccc(CCNC(=O)NC(C)(C)C)cc1Cl. The van der Waals surface area contributed by atoms with Crippen molar-refractivity contribution in [2.45, 2.75) is 32.7 Å². The van der Waals surface area contributed by atoms with Crippen molar-refractivity contribution >= 4 is 17.6 Å². The molecule has 0 spiro atoms. The number of benzene rings is 1. The molecule has 5 heteroatoms. The van der Waals surface area contributed by atoms with Crippen molar-refractivity contribution in [3.8, 4) is 5.75 Å². The minimum absolute atomic E-state index is 0.160. The molecule has 1 aromatic rings. The van der Waals surface area contributed by atoms with Crippen LogP contribution in [0.3, 0.4) is 0 Å². The van der Waals surface area contributed by atoms with E-state index in [1.54, 1.807) is 7.11 Å². The van der Waals surface area contributed by atoms with Crippen molar-refractivity contribution in [3.05, 3.63) is 28.8 Å². The molecule has 0 heterocycles. The first-order chi connectivity index (χ1) is 8.81. The van der Waals surface area contributed by atoms with E-state index in [1.165, 1.54) is 0 Å². The van der Waals surface area contributed by atoms with Gasteiger partial charge < -0.3 is 15.4 Å².